The van der Waals surface area contributed by atoms with Crippen molar-refractivity contribution < 1.29 is 19.0 Å². The number of phenolic OH excluding ortho intramolecular Hbond substituents is 1. The highest BCUT2D eigenvalue weighted by Gasteiger charge is 2.22. The third kappa shape index (κ3) is 4.01. The van der Waals surface area contributed by atoms with Gasteiger partial charge in [0.2, 0.25) is 0 Å². The van der Waals surface area contributed by atoms with Gasteiger partial charge < -0.3 is 14.6 Å². The topological polar surface area (TPSA) is 73.6 Å². The molecule has 0 aliphatic carbocycles. The number of nitrogens with zero attached hydrogens (tertiary/aromatic N) is 2. The highest BCUT2D eigenvalue weighted by atomic mass is 19.1. The van der Waals surface area contributed by atoms with Gasteiger partial charge in [-0.2, -0.15) is 0 Å². The van der Waals surface area contributed by atoms with Crippen LogP contribution in [0.25, 0.3) is 22.5 Å². The van der Waals surface area contributed by atoms with Crippen molar-refractivity contribution in [2.24, 2.45) is 0 Å². The number of hydrogen-bond acceptors (Lipinski definition) is 5. The average molecular weight is 458 g/mol. The quantitative estimate of drug-likeness (QED) is 0.468. The van der Waals surface area contributed by atoms with Crippen molar-refractivity contribution in [3.8, 4) is 39.8 Å². The van der Waals surface area contributed by atoms with E-state index >= 15 is 0 Å². The average Bonchev–Trinajstić information content (AvgIpc) is 2.85. The van der Waals surface area contributed by atoms with Crippen LogP contribution in [0.1, 0.15) is 11.3 Å². The summed E-state index contributed by atoms with van der Waals surface area (Å²) in [6.45, 7) is 2.95. The normalized spacial score (nSPS) is 12.5. The molecule has 0 spiro atoms. The number of para-hydroxylation sites is 1. The minimum absolute atomic E-state index is 0.169. The number of aryl methyl sites for hydroxylation is 2. The van der Waals surface area contributed by atoms with Crippen molar-refractivity contribution in [3.05, 3.63) is 94.2 Å². The Morgan fingerprint density at radius 2 is 1.76 bits per heavy atom. The maximum absolute atomic E-state index is 14.2. The standard InChI is InChI=1S/C27H23FN2O4/c1-17-24(19-10-11-22-23(16-19)34-15-14-33-22)27(32)30(13-12-18-6-3-2-4-7-18)26(29-17)20-8-5-9-21(28)25(20)31/h2-11,16,31H,12-15H2,1H3. The van der Waals surface area contributed by atoms with Crippen molar-refractivity contribution in [1.82, 2.24) is 9.55 Å². The van der Waals surface area contributed by atoms with Crippen LogP contribution in [0.4, 0.5) is 4.39 Å². The van der Waals surface area contributed by atoms with Crippen molar-refractivity contribution in [2.45, 2.75) is 19.9 Å². The Balaban J connectivity index is 1.67. The molecule has 7 heteroatoms. The van der Waals surface area contributed by atoms with Crippen LogP contribution in [0, 0.1) is 12.7 Å². The molecule has 2 heterocycles. The number of aromatic nitrogens is 2. The molecule has 0 saturated heterocycles. The minimum Gasteiger partial charge on any atom is -0.504 e. The van der Waals surface area contributed by atoms with Gasteiger partial charge in [0.15, 0.2) is 23.1 Å². The molecule has 34 heavy (non-hydrogen) atoms. The maximum Gasteiger partial charge on any atom is 0.261 e. The maximum atomic E-state index is 14.2. The molecule has 4 aromatic rings. The second-order valence-corrected chi connectivity index (χ2v) is 8.08. The Hall–Kier alpha value is -4.13. The van der Waals surface area contributed by atoms with Crippen molar-refractivity contribution in [1.29, 1.82) is 0 Å². The van der Waals surface area contributed by atoms with Crippen LogP contribution in [-0.4, -0.2) is 27.9 Å². The minimum atomic E-state index is -0.769. The Kier molecular flexibility index (Phi) is 5.76. The third-order valence-electron chi connectivity index (χ3n) is 5.88. The molecule has 0 atom stereocenters. The van der Waals surface area contributed by atoms with E-state index in [0.717, 1.165) is 5.56 Å². The van der Waals surface area contributed by atoms with Gasteiger partial charge in [-0.15, -0.1) is 0 Å². The molecule has 0 amide bonds. The Morgan fingerprint density at radius 3 is 2.56 bits per heavy atom. The molecule has 0 saturated carbocycles. The van der Waals surface area contributed by atoms with Crippen LogP contribution >= 0.6 is 0 Å². The fraction of sp³-hybridized carbons (Fsp3) is 0.185. The van der Waals surface area contributed by atoms with Crippen molar-refractivity contribution in [2.75, 3.05) is 13.2 Å². The summed E-state index contributed by atoms with van der Waals surface area (Å²) in [6.07, 6.45) is 0.565. The molecule has 1 aliphatic rings. The predicted molar refractivity (Wildman–Crippen MR) is 127 cm³/mol. The smallest absolute Gasteiger partial charge is 0.261 e. The zero-order valence-corrected chi connectivity index (χ0v) is 18.6. The summed E-state index contributed by atoms with van der Waals surface area (Å²) in [5.74, 6) is 0.123. The molecule has 0 unspecified atom stereocenters. The van der Waals surface area contributed by atoms with Gasteiger partial charge in [0.1, 0.15) is 19.0 Å². The molecule has 0 radical (unpaired) electrons. The van der Waals surface area contributed by atoms with E-state index in [2.05, 4.69) is 4.98 Å². The molecule has 1 N–H and O–H groups in total. The second-order valence-electron chi connectivity index (χ2n) is 8.08. The van der Waals surface area contributed by atoms with Crippen LogP contribution in [-0.2, 0) is 13.0 Å². The van der Waals surface area contributed by atoms with E-state index in [1.54, 1.807) is 31.2 Å². The first-order chi connectivity index (χ1) is 16.5. The van der Waals surface area contributed by atoms with Crippen LogP contribution in [0.15, 0.2) is 71.5 Å². The van der Waals surface area contributed by atoms with Gasteiger partial charge in [-0.3, -0.25) is 9.36 Å². The van der Waals surface area contributed by atoms with Crippen molar-refractivity contribution >= 4 is 0 Å². The summed E-state index contributed by atoms with van der Waals surface area (Å²) in [5, 5.41) is 10.4. The van der Waals surface area contributed by atoms with Gasteiger partial charge in [-0.25, -0.2) is 9.37 Å². The number of benzene rings is 3. The highest BCUT2D eigenvalue weighted by molar-refractivity contribution is 5.71. The van der Waals surface area contributed by atoms with E-state index in [1.807, 2.05) is 30.3 Å². The number of rotatable bonds is 5. The summed E-state index contributed by atoms with van der Waals surface area (Å²) in [7, 11) is 0. The van der Waals surface area contributed by atoms with Crippen LogP contribution in [0.3, 0.4) is 0 Å². The predicted octanol–water partition coefficient (Wildman–Crippen LogP) is 4.74. The first-order valence-corrected chi connectivity index (χ1v) is 11.1. The van der Waals surface area contributed by atoms with E-state index in [4.69, 9.17) is 9.47 Å². The molecule has 1 aromatic heterocycles. The SMILES string of the molecule is Cc1nc(-c2cccc(F)c2O)n(CCc2ccccc2)c(=O)c1-c1ccc2c(c1)OCCO2. The molecule has 1 aliphatic heterocycles. The summed E-state index contributed by atoms with van der Waals surface area (Å²) in [5.41, 5.74) is 2.48. The van der Waals surface area contributed by atoms with Crippen molar-refractivity contribution in [3.63, 3.8) is 0 Å². The largest absolute Gasteiger partial charge is 0.504 e. The Labute approximate surface area is 195 Å². The summed E-state index contributed by atoms with van der Waals surface area (Å²) in [6, 6.07) is 19.3. The summed E-state index contributed by atoms with van der Waals surface area (Å²) >= 11 is 0. The lowest BCUT2D eigenvalue weighted by atomic mass is 10.0. The van der Waals surface area contributed by atoms with E-state index in [0.29, 0.717) is 54.5 Å². The van der Waals surface area contributed by atoms with E-state index in [1.165, 1.54) is 16.7 Å². The Morgan fingerprint density at radius 1 is 1.00 bits per heavy atom. The molecular weight excluding hydrogens is 435 g/mol. The molecular formula is C27H23FN2O4. The lowest BCUT2D eigenvalue weighted by molar-refractivity contribution is 0.171. The lowest BCUT2D eigenvalue weighted by Gasteiger charge is -2.20. The lowest BCUT2D eigenvalue weighted by Crippen LogP contribution is -2.27. The fourth-order valence-electron chi connectivity index (χ4n) is 4.19. The first-order valence-electron chi connectivity index (χ1n) is 11.1. The second kappa shape index (κ2) is 9.02. The van der Waals surface area contributed by atoms with Gasteiger partial charge in [0.05, 0.1) is 16.8 Å². The molecule has 6 nitrogen and oxygen atoms in total. The van der Waals surface area contributed by atoms with E-state index in [-0.39, 0.29) is 16.9 Å². The molecule has 0 bridgehead atoms. The Bertz CT molecular complexity index is 1420. The van der Waals surface area contributed by atoms with Crippen LogP contribution in [0.5, 0.6) is 17.2 Å². The number of hydrogen-bond donors (Lipinski definition) is 1. The van der Waals surface area contributed by atoms with Gasteiger partial charge in [-0.1, -0.05) is 42.5 Å². The summed E-state index contributed by atoms with van der Waals surface area (Å²) in [4.78, 5) is 18.5. The number of aromatic hydroxyl groups is 1. The molecule has 0 fully saturated rings. The zero-order valence-electron chi connectivity index (χ0n) is 18.6. The number of halogens is 1. The summed E-state index contributed by atoms with van der Waals surface area (Å²) < 4.78 is 27.0. The van der Waals surface area contributed by atoms with Gasteiger partial charge in [0, 0.05) is 6.54 Å². The molecule has 5 rings (SSSR count). The van der Waals surface area contributed by atoms with Gasteiger partial charge in [0.25, 0.3) is 5.56 Å². The molecule has 172 valence electrons. The van der Waals surface area contributed by atoms with Gasteiger partial charge >= 0.3 is 0 Å². The number of fused-ring (bicyclic) bond motifs is 1. The van der Waals surface area contributed by atoms with E-state index < -0.39 is 11.6 Å². The van der Waals surface area contributed by atoms with Crippen LogP contribution in [0.2, 0.25) is 0 Å². The fourth-order valence-corrected chi connectivity index (χ4v) is 4.19. The third-order valence-corrected chi connectivity index (χ3v) is 5.88. The number of ether oxygens (including phenoxy) is 2. The molecule has 3 aromatic carbocycles. The van der Waals surface area contributed by atoms with Crippen LogP contribution < -0.4 is 15.0 Å². The zero-order chi connectivity index (χ0) is 23.7. The first kappa shape index (κ1) is 21.7. The monoisotopic (exact) mass is 458 g/mol. The van der Waals surface area contributed by atoms with Gasteiger partial charge in [-0.05, 0) is 48.7 Å². The number of phenols is 1. The van der Waals surface area contributed by atoms with E-state index in [9.17, 15) is 14.3 Å². The highest BCUT2D eigenvalue weighted by Crippen LogP contribution is 2.35.